The summed E-state index contributed by atoms with van der Waals surface area (Å²) >= 11 is 5.82. The number of halogens is 1. The van der Waals surface area contributed by atoms with E-state index < -0.39 is 11.5 Å². The number of nitrogens with one attached hydrogen (secondary N) is 1. The maximum Gasteiger partial charge on any atom is 0.329 e. The summed E-state index contributed by atoms with van der Waals surface area (Å²) in [4.78, 5) is 23.3. The molecule has 0 unspecified atom stereocenters. The first-order valence-corrected chi connectivity index (χ1v) is 7.68. The fraction of sp³-hybridized carbons (Fsp3) is 0.500. The Kier molecular flexibility index (Phi) is 5.23. The van der Waals surface area contributed by atoms with Crippen molar-refractivity contribution in [1.82, 2.24) is 5.32 Å². The molecular weight excluding hydrogens is 290 g/mol. The molecular formula is C16H20ClNO3. The van der Waals surface area contributed by atoms with E-state index >= 15 is 0 Å². The maximum atomic E-state index is 12.0. The van der Waals surface area contributed by atoms with Gasteiger partial charge in [0, 0.05) is 11.4 Å². The molecule has 4 nitrogen and oxygen atoms in total. The number of carbonyl (C=O) groups is 2. The zero-order valence-electron chi connectivity index (χ0n) is 11.9. The number of benzene rings is 1. The van der Waals surface area contributed by atoms with E-state index in [2.05, 4.69) is 5.32 Å². The van der Waals surface area contributed by atoms with Gasteiger partial charge in [-0.2, -0.15) is 0 Å². The molecule has 114 valence electrons. The van der Waals surface area contributed by atoms with Crippen LogP contribution in [0.1, 0.15) is 44.1 Å². The lowest BCUT2D eigenvalue weighted by Gasteiger charge is -2.25. The first-order valence-electron chi connectivity index (χ1n) is 7.31. The highest BCUT2D eigenvalue weighted by Gasteiger charge is 2.42. The van der Waals surface area contributed by atoms with E-state index in [9.17, 15) is 14.7 Å². The molecule has 0 aromatic heterocycles. The van der Waals surface area contributed by atoms with Crippen molar-refractivity contribution in [3.05, 3.63) is 34.9 Å². The summed E-state index contributed by atoms with van der Waals surface area (Å²) in [6.07, 6.45) is 4.61. The molecule has 1 fully saturated rings. The summed E-state index contributed by atoms with van der Waals surface area (Å²) in [6, 6.07) is 7.54. The second-order valence-electron chi connectivity index (χ2n) is 5.62. The van der Waals surface area contributed by atoms with Crippen LogP contribution in [0.2, 0.25) is 5.02 Å². The molecule has 0 spiro atoms. The standard InChI is InChI=1S/C16H20ClNO3/c17-13-8-6-12(7-9-13)4-3-5-14(19)18-16(15(20)21)10-1-2-11-16/h6-9H,1-5,10-11H2,(H,18,19)(H,20,21). The van der Waals surface area contributed by atoms with Crippen LogP contribution in [-0.2, 0) is 16.0 Å². The number of carbonyl (C=O) groups excluding carboxylic acids is 1. The Morgan fingerprint density at radius 3 is 2.38 bits per heavy atom. The van der Waals surface area contributed by atoms with Crippen LogP contribution in [0.15, 0.2) is 24.3 Å². The number of carboxylic acids is 1. The maximum absolute atomic E-state index is 12.0. The van der Waals surface area contributed by atoms with Crippen LogP contribution in [0.5, 0.6) is 0 Å². The molecule has 1 aromatic carbocycles. The molecule has 1 aromatic rings. The fourth-order valence-corrected chi connectivity index (χ4v) is 2.93. The average molecular weight is 310 g/mol. The highest BCUT2D eigenvalue weighted by molar-refractivity contribution is 6.30. The monoisotopic (exact) mass is 309 g/mol. The minimum Gasteiger partial charge on any atom is -0.480 e. The predicted octanol–water partition coefficient (Wildman–Crippen LogP) is 3.18. The fourth-order valence-electron chi connectivity index (χ4n) is 2.80. The smallest absolute Gasteiger partial charge is 0.329 e. The van der Waals surface area contributed by atoms with Gasteiger partial charge in [0.15, 0.2) is 0 Å². The SMILES string of the molecule is O=C(CCCc1ccc(Cl)cc1)NC1(C(=O)O)CCCC1. The van der Waals surface area contributed by atoms with E-state index in [-0.39, 0.29) is 5.91 Å². The van der Waals surface area contributed by atoms with Crippen LogP contribution in [-0.4, -0.2) is 22.5 Å². The van der Waals surface area contributed by atoms with Crippen molar-refractivity contribution in [1.29, 1.82) is 0 Å². The minimum absolute atomic E-state index is 0.173. The third-order valence-corrected chi connectivity index (χ3v) is 4.28. The lowest BCUT2D eigenvalue weighted by Crippen LogP contribution is -2.52. The molecule has 2 N–H and O–H groups in total. The quantitative estimate of drug-likeness (QED) is 0.848. The Hall–Kier alpha value is -1.55. The number of rotatable bonds is 6. The lowest BCUT2D eigenvalue weighted by atomic mass is 9.97. The third-order valence-electron chi connectivity index (χ3n) is 4.03. The van der Waals surface area contributed by atoms with Crippen LogP contribution in [0.4, 0.5) is 0 Å². The van der Waals surface area contributed by atoms with Gasteiger partial charge in [-0.25, -0.2) is 4.79 Å². The first kappa shape index (κ1) is 15.8. The second-order valence-corrected chi connectivity index (χ2v) is 6.06. The van der Waals surface area contributed by atoms with Crippen LogP contribution < -0.4 is 5.32 Å². The van der Waals surface area contributed by atoms with Gasteiger partial charge in [0.25, 0.3) is 0 Å². The second kappa shape index (κ2) is 6.94. The Bertz CT molecular complexity index is 507. The van der Waals surface area contributed by atoms with Gasteiger partial charge in [-0.3, -0.25) is 4.79 Å². The zero-order chi connectivity index (χ0) is 15.3. The van der Waals surface area contributed by atoms with E-state index in [0.29, 0.717) is 30.7 Å². The predicted molar refractivity (Wildman–Crippen MR) is 81.4 cm³/mol. The zero-order valence-corrected chi connectivity index (χ0v) is 12.7. The van der Waals surface area contributed by atoms with Gasteiger partial charge in [0.05, 0.1) is 0 Å². The summed E-state index contributed by atoms with van der Waals surface area (Å²) in [7, 11) is 0. The number of hydrogen-bond acceptors (Lipinski definition) is 2. The molecule has 0 atom stereocenters. The number of carboxylic acid groups (broad SMARTS) is 1. The number of aryl methyl sites for hydroxylation is 1. The molecule has 21 heavy (non-hydrogen) atoms. The number of hydrogen-bond donors (Lipinski definition) is 2. The summed E-state index contributed by atoms with van der Waals surface area (Å²) < 4.78 is 0. The van der Waals surface area contributed by atoms with Gasteiger partial charge < -0.3 is 10.4 Å². The largest absolute Gasteiger partial charge is 0.480 e. The topological polar surface area (TPSA) is 66.4 Å². The molecule has 0 saturated heterocycles. The molecule has 0 bridgehead atoms. The van der Waals surface area contributed by atoms with Gasteiger partial charge in [0.2, 0.25) is 5.91 Å². The van der Waals surface area contributed by atoms with E-state index in [0.717, 1.165) is 24.8 Å². The van der Waals surface area contributed by atoms with Crippen molar-refractivity contribution in [3.63, 3.8) is 0 Å². The summed E-state index contributed by atoms with van der Waals surface area (Å²) in [6.45, 7) is 0. The highest BCUT2D eigenvalue weighted by Crippen LogP contribution is 2.30. The lowest BCUT2D eigenvalue weighted by molar-refractivity contribution is -0.147. The van der Waals surface area contributed by atoms with Crippen molar-refractivity contribution in [2.45, 2.75) is 50.5 Å². The Morgan fingerprint density at radius 1 is 1.19 bits per heavy atom. The minimum atomic E-state index is -1.03. The van der Waals surface area contributed by atoms with Gasteiger partial charge in [-0.15, -0.1) is 0 Å². The van der Waals surface area contributed by atoms with Crippen LogP contribution in [0.3, 0.4) is 0 Å². The van der Waals surface area contributed by atoms with Crippen LogP contribution >= 0.6 is 11.6 Å². The normalized spacial score (nSPS) is 16.6. The van der Waals surface area contributed by atoms with Crippen LogP contribution in [0, 0.1) is 0 Å². The molecule has 1 aliphatic carbocycles. The molecule has 1 aliphatic rings. The van der Waals surface area contributed by atoms with E-state index in [1.54, 1.807) is 0 Å². The molecule has 0 heterocycles. The third kappa shape index (κ3) is 4.21. The van der Waals surface area contributed by atoms with E-state index in [1.165, 1.54) is 0 Å². The molecule has 0 aliphatic heterocycles. The summed E-state index contributed by atoms with van der Waals surface area (Å²) in [5.41, 5.74) is 0.0955. The highest BCUT2D eigenvalue weighted by atomic mass is 35.5. The van der Waals surface area contributed by atoms with Crippen molar-refractivity contribution >= 4 is 23.5 Å². The van der Waals surface area contributed by atoms with Gasteiger partial charge in [-0.05, 0) is 43.4 Å². The molecule has 1 saturated carbocycles. The van der Waals surface area contributed by atoms with Gasteiger partial charge in [0.1, 0.15) is 5.54 Å². The molecule has 5 heteroatoms. The van der Waals surface area contributed by atoms with Gasteiger partial charge >= 0.3 is 5.97 Å². The van der Waals surface area contributed by atoms with E-state index in [1.807, 2.05) is 24.3 Å². The summed E-state index contributed by atoms with van der Waals surface area (Å²) in [5, 5.41) is 12.7. The van der Waals surface area contributed by atoms with Gasteiger partial charge in [-0.1, -0.05) is 36.6 Å². The van der Waals surface area contributed by atoms with E-state index in [4.69, 9.17) is 11.6 Å². The molecule has 1 amide bonds. The number of amides is 1. The first-order chi connectivity index (χ1) is 10.0. The summed E-state index contributed by atoms with van der Waals surface area (Å²) in [5.74, 6) is -1.08. The Balaban J connectivity index is 1.79. The average Bonchev–Trinajstić information content (AvgIpc) is 2.91. The van der Waals surface area contributed by atoms with Crippen molar-refractivity contribution in [2.24, 2.45) is 0 Å². The van der Waals surface area contributed by atoms with Crippen molar-refractivity contribution in [2.75, 3.05) is 0 Å². The van der Waals surface area contributed by atoms with Crippen molar-refractivity contribution in [3.8, 4) is 0 Å². The molecule has 0 radical (unpaired) electrons. The molecule has 2 rings (SSSR count). The van der Waals surface area contributed by atoms with Crippen molar-refractivity contribution < 1.29 is 14.7 Å². The Labute approximate surface area is 129 Å². The Morgan fingerprint density at radius 2 is 1.81 bits per heavy atom. The number of aliphatic carboxylic acids is 1. The van der Waals surface area contributed by atoms with Crippen LogP contribution in [0.25, 0.3) is 0 Å².